The van der Waals surface area contributed by atoms with Crippen LogP contribution in [0.2, 0.25) is 0 Å². The molecule has 4 nitrogen and oxygen atoms in total. The zero-order valence-electron chi connectivity index (χ0n) is 11.1. The lowest BCUT2D eigenvalue weighted by atomic mass is 9.90. The summed E-state index contributed by atoms with van der Waals surface area (Å²) >= 11 is 0. The molecule has 0 fully saturated rings. The average Bonchev–Trinajstić information content (AvgIpc) is 2.63. The molecule has 92 valence electrons. The second-order valence-electron chi connectivity index (χ2n) is 5.95. The van der Waals surface area contributed by atoms with E-state index in [1.807, 2.05) is 0 Å². The van der Waals surface area contributed by atoms with Crippen molar-refractivity contribution in [1.29, 1.82) is 0 Å². The molecule has 0 aliphatic heterocycles. The number of rotatable bonds is 2. The minimum absolute atomic E-state index is 0.167. The third kappa shape index (κ3) is 2.46. The number of oxazole rings is 1. The van der Waals surface area contributed by atoms with Gasteiger partial charge >= 0.3 is 0 Å². The Labute approximate surface area is 101 Å². The fourth-order valence-electron chi connectivity index (χ4n) is 1.84. The van der Waals surface area contributed by atoms with Crippen LogP contribution in [0.1, 0.15) is 51.9 Å². The number of aromatic nitrogens is 3. The highest BCUT2D eigenvalue weighted by Gasteiger charge is 2.20. The molecular weight excluding hydrogens is 214 g/mol. The van der Waals surface area contributed by atoms with E-state index >= 15 is 0 Å². The zero-order chi connectivity index (χ0) is 12.6. The number of hydrogen-bond donors (Lipinski definition) is 0. The van der Waals surface area contributed by atoms with Gasteiger partial charge in [-0.25, -0.2) is 4.98 Å². The molecule has 0 spiro atoms. The quantitative estimate of drug-likeness (QED) is 0.798. The predicted molar refractivity (Wildman–Crippen MR) is 66.8 cm³/mol. The molecular formula is C13H19N3O. The van der Waals surface area contributed by atoms with Gasteiger partial charge in [0.15, 0.2) is 12.0 Å². The number of hydrogen-bond acceptors (Lipinski definition) is 4. The van der Waals surface area contributed by atoms with E-state index in [0.29, 0.717) is 5.92 Å². The maximum absolute atomic E-state index is 5.45. The van der Waals surface area contributed by atoms with Crippen LogP contribution in [0.15, 0.2) is 10.8 Å². The van der Waals surface area contributed by atoms with Gasteiger partial charge in [-0.2, -0.15) is 10.2 Å². The van der Waals surface area contributed by atoms with E-state index in [1.54, 1.807) is 0 Å². The van der Waals surface area contributed by atoms with Crippen molar-refractivity contribution in [3.05, 3.63) is 17.8 Å². The van der Waals surface area contributed by atoms with Crippen molar-refractivity contribution in [2.75, 3.05) is 0 Å². The lowest BCUT2D eigenvalue weighted by Crippen LogP contribution is -2.12. The van der Waals surface area contributed by atoms with Gasteiger partial charge in [-0.1, -0.05) is 34.6 Å². The van der Waals surface area contributed by atoms with Crippen LogP contribution in [0.5, 0.6) is 0 Å². The monoisotopic (exact) mass is 233 g/mol. The molecule has 0 aliphatic carbocycles. The van der Waals surface area contributed by atoms with E-state index in [4.69, 9.17) is 4.42 Å². The van der Waals surface area contributed by atoms with Gasteiger partial charge in [0.05, 0.1) is 5.69 Å². The van der Waals surface area contributed by atoms with Crippen molar-refractivity contribution >= 4 is 11.1 Å². The van der Waals surface area contributed by atoms with E-state index < -0.39 is 0 Å². The molecule has 17 heavy (non-hydrogen) atoms. The Bertz CT molecular complexity index is 523. The third-order valence-corrected chi connectivity index (χ3v) is 2.60. The van der Waals surface area contributed by atoms with Gasteiger partial charge in [-0.3, -0.25) is 0 Å². The van der Waals surface area contributed by atoms with Gasteiger partial charge in [0.2, 0.25) is 0 Å². The smallest absolute Gasteiger partial charge is 0.182 e. The van der Waals surface area contributed by atoms with Gasteiger partial charge in [0.1, 0.15) is 11.2 Å². The summed E-state index contributed by atoms with van der Waals surface area (Å²) < 4.78 is 5.45. The Hall–Kier alpha value is -1.45. The molecule has 0 unspecified atom stereocenters. The normalized spacial score (nSPS) is 12.6. The highest BCUT2D eigenvalue weighted by molar-refractivity contribution is 5.77. The Balaban J connectivity index is 2.54. The molecule has 4 heteroatoms. The van der Waals surface area contributed by atoms with Crippen molar-refractivity contribution < 1.29 is 4.42 Å². The van der Waals surface area contributed by atoms with Gasteiger partial charge < -0.3 is 4.42 Å². The predicted octanol–water partition coefficient (Wildman–Crippen LogP) is 3.33. The van der Waals surface area contributed by atoms with Crippen LogP contribution in [0, 0.1) is 5.41 Å². The van der Waals surface area contributed by atoms with Crippen molar-refractivity contribution in [2.24, 2.45) is 5.41 Å². The first-order chi connectivity index (χ1) is 7.88. The maximum atomic E-state index is 5.45. The Morgan fingerprint density at radius 2 is 1.94 bits per heavy atom. The van der Waals surface area contributed by atoms with Crippen LogP contribution in [-0.4, -0.2) is 15.2 Å². The van der Waals surface area contributed by atoms with Crippen molar-refractivity contribution in [2.45, 2.75) is 47.0 Å². The molecule has 2 rings (SSSR count). The number of nitrogens with zero attached hydrogens (tertiary/aromatic N) is 3. The molecule has 0 amide bonds. The molecule has 0 aromatic carbocycles. The second kappa shape index (κ2) is 4.09. The van der Waals surface area contributed by atoms with E-state index in [1.165, 1.54) is 6.39 Å². The summed E-state index contributed by atoms with van der Waals surface area (Å²) in [7, 11) is 0. The van der Waals surface area contributed by atoms with Crippen LogP contribution < -0.4 is 0 Å². The zero-order valence-corrected chi connectivity index (χ0v) is 11.1. The Kier molecular flexibility index (Phi) is 2.89. The first-order valence-electron chi connectivity index (χ1n) is 5.97. The largest absolute Gasteiger partial charge is 0.441 e. The van der Waals surface area contributed by atoms with E-state index in [0.717, 1.165) is 28.9 Å². The summed E-state index contributed by atoms with van der Waals surface area (Å²) in [5, 5.41) is 8.59. The molecule has 0 saturated heterocycles. The summed E-state index contributed by atoms with van der Waals surface area (Å²) in [6.45, 7) is 10.7. The lowest BCUT2D eigenvalue weighted by molar-refractivity contribution is 0.405. The molecule has 0 bridgehead atoms. The molecule has 0 N–H and O–H groups in total. The minimum Gasteiger partial charge on any atom is -0.441 e. The van der Waals surface area contributed by atoms with Gasteiger partial charge in [-0.05, 0) is 11.8 Å². The summed E-state index contributed by atoms with van der Waals surface area (Å²) in [4.78, 5) is 4.28. The summed E-state index contributed by atoms with van der Waals surface area (Å²) in [5.74, 6) is 0.293. The lowest BCUT2D eigenvalue weighted by Gasteiger charge is -2.17. The summed E-state index contributed by atoms with van der Waals surface area (Å²) in [6.07, 6.45) is 2.33. The first kappa shape index (κ1) is 12.0. The van der Waals surface area contributed by atoms with Gasteiger partial charge in [0.25, 0.3) is 0 Å². The van der Waals surface area contributed by atoms with Gasteiger partial charge in [-0.15, -0.1) is 0 Å². The van der Waals surface area contributed by atoms with Crippen molar-refractivity contribution in [3.8, 4) is 0 Å². The van der Waals surface area contributed by atoms with Crippen LogP contribution in [0.25, 0.3) is 11.1 Å². The Morgan fingerprint density at radius 3 is 2.53 bits per heavy atom. The summed E-state index contributed by atoms with van der Waals surface area (Å²) in [6, 6.07) is 0. The topological polar surface area (TPSA) is 51.8 Å². The Morgan fingerprint density at radius 1 is 1.24 bits per heavy atom. The average molecular weight is 233 g/mol. The fraction of sp³-hybridized carbons (Fsp3) is 0.615. The summed E-state index contributed by atoms with van der Waals surface area (Å²) in [5.41, 5.74) is 3.62. The van der Waals surface area contributed by atoms with Crippen molar-refractivity contribution in [3.63, 3.8) is 0 Å². The molecule has 0 saturated carbocycles. The van der Waals surface area contributed by atoms with Gasteiger partial charge in [0, 0.05) is 5.92 Å². The van der Waals surface area contributed by atoms with E-state index in [2.05, 4.69) is 49.8 Å². The fourth-order valence-corrected chi connectivity index (χ4v) is 1.84. The van der Waals surface area contributed by atoms with Crippen LogP contribution in [-0.2, 0) is 6.42 Å². The molecule has 2 aromatic rings. The standard InChI is InChI=1S/C13H19N3O/c1-8(2)10-12-11(14-7-17-12)9(15-16-10)6-13(3,4)5/h7-8H,6H2,1-5H3. The maximum Gasteiger partial charge on any atom is 0.182 e. The molecule has 0 radical (unpaired) electrons. The van der Waals surface area contributed by atoms with Crippen LogP contribution >= 0.6 is 0 Å². The molecule has 2 heterocycles. The molecule has 0 atom stereocenters. The minimum atomic E-state index is 0.167. The second-order valence-corrected chi connectivity index (χ2v) is 5.95. The highest BCUT2D eigenvalue weighted by atomic mass is 16.3. The van der Waals surface area contributed by atoms with E-state index in [9.17, 15) is 0 Å². The van der Waals surface area contributed by atoms with E-state index in [-0.39, 0.29) is 5.41 Å². The van der Waals surface area contributed by atoms with Crippen LogP contribution in [0.3, 0.4) is 0 Å². The first-order valence-corrected chi connectivity index (χ1v) is 5.97. The van der Waals surface area contributed by atoms with Crippen molar-refractivity contribution in [1.82, 2.24) is 15.2 Å². The molecule has 2 aromatic heterocycles. The third-order valence-electron chi connectivity index (χ3n) is 2.60. The number of fused-ring (bicyclic) bond motifs is 1. The molecule has 0 aliphatic rings. The highest BCUT2D eigenvalue weighted by Crippen LogP contribution is 2.27. The van der Waals surface area contributed by atoms with Crippen LogP contribution in [0.4, 0.5) is 0 Å². The SMILES string of the molecule is CC(C)c1nnc(CC(C)(C)C)c2ncoc12.